The molecule has 2 aromatic carbocycles. The molecule has 0 bridgehead atoms. The number of para-hydroxylation sites is 1. The Labute approximate surface area is 186 Å². The second-order valence-corrected chi connectivity index (χ2v) is 10.2. The molecule has 0 saturated carbocycles. The van der Waals surface area contributed by atoms with Crippen molar-refractivity contribution in [3.8, 4) is 5.75 Å². The van der Waals surface area contributed by atoms with E-state index in [1.165, 1.54) is 6.08 Å². The molecule has 1 N–H and O–H groups in total. The van der Waals surface area contributed by atoms with Gasteiger partial charge in [-0.25, -0.2) is 13.4 Å². The van der Waals surface area contributed by atoms with Gasteiger partial charge in [0.25, 0.3) is 0 Å². The summed E-state index contributed by atoms with van der Waals surface area (Å²) in [4.78, 5) is 17.0. The Morgan fingerprint density at radius 3 is 2.55 bits per heavy atom. The number of sulfone groups is 1. The molecule has 3 aromatic rings. The standard InChI is InChI=1S/C23H24N2O4S2/c1-16(18-8-11-21(12-9-18)31(3,27)28)24-23(26)13-10-19-6-4-5-7-22(19)29-14-20-15-30-17(2)25-20/h4-13,15-16H,14H2,1-3H3,(H,24,26)/b13-10+. The zero-order valence-corrected chi connectivity index (χ0v) is 19.2. The van der Waals surface area contributed by atoms with Gasteiger partial charge in [0.15, 0.2) is 9.84 Å². The fourth-order valence-corrected chi connectivity index (χ4v) is 4.12. The molecular formula is C23H24N2O4S2. The average Bonchev–Trinajstić information content (AvgIpc) is 3.16. The summed E-state index contributed by atoms with van der Waals surface area (Å²) in [7, 11) is -3.25. The molecule has 1 aromatic heterocycles. The lowest BCUT2D eigenvalue weighted by atomic mass is 10.1. The van der Waals surface area contributed by atoms with Gasteiger partial charge >= 0.3 is 0 Å². The molecule has 1 heterocycles. The van der Waals surface area contributed by atoms with Gasteiger partial charge in [-0.3, -0.25) is 4.79 Å². The van der Waals surface area contributed by atoms with Crippen molar-refractivity contribution in [2.45, 2.75) is 31.4 Å². The summed E-state index contributed by atoms with van der Waals surface area (Å²) in [6.45, 7) is 4.15. The van der Waals surface area contributed by atoms with Crippen LogP contribution in [0.3, 0.4) is 0 Å². The summed E-state index contributed by atoms with van der Waals surface area (Å²) in [6, 6.07) is 13.7. The number of hydrogen-bond acceptors (Lipinski definition) is 6. The number of carbonyl (C=O) groups is 1. The van der Waals surface area contributed by atoms with Crippen LogP contribution in [0.5, 0.6) is 5.75 Å². The molecule has 0 radical (unpaired) electrons. The van der Waals surface area contributed by atoms with Crippen LogP contribution >= 0.6 is 11.3 Å². The Morgan fingerprint density at radius 1 is 1.19 bits per heavy atom. The second kappa shape index (κ2) is 9.89. The van der Waals surface area contributed by atoms with Crippen LogP contribution in [0.25, 0.3) is 6.08 Å². The largest absolute Gasteiger partial charge is 0.487 e. The van der Waals surface area contributed by atoms with Crippen LogP contribution in [-0.2, 0) is 21.2 Å². The van der Waals surface area contributed by atoms with Crippen LogP contribution in [0.15, 0.2) is 64.9 Å². The molecule has 31 heavy (non-hydrogen) atoms. The average molecular weight is 457 g/mol. The maximum Gasteiger partial charge on any atom is 0.244 e. The highest BCUT2D eigenvalue weighted by Crippen LogP contribution is 2.21. The molecule has 1 amide bonds. The van der Waals surface area contributed by atoms with Crippen molar-refractivity contribution in [1.29, 1.82) is 0 Å². The van der Waals surface area contributed by atoms with Gasteiger partial charge in [-0.05, 0) is 43.7 Å². The molecule has 8 heteroatoms. The Hall–Kier alpha value is -2.97. The van der Waals surface area contributed by atoms with Gasteiger partial charge in [-0.1, -0.05) is 30.3 Å². The highest BCUT2D eigenvalue weighted by Gasteiger charge is 2.11. The summed E-state index contributed by atoms with van der Waals surface area (Å²) < 4.78 is 29.0. The molecule has 0 fully saturated rings. The predicted molar refractivity (Wildman–Crippen MR) is 123 cm³/mol. The minimum Gasteiger partial charge on any atom is -0.487 e. The molecule has 0 spiro atoms. The Morgan fingerprint density at radius 2 is 1.90 bits per heavy atom. The zero-order valence-electron chi connectivity index (χ0n) is 17.5. The smallest absolute Gasteiger partial charge is 0.244 e. The predicted octanol–water partition coefficient (Wildman–Crippen LogP) is 4.32. The molecule has 3 rings (SSSR count). The lowest BCUT2D eigenvalue weighted by molar-refractivity contribution is -0.117. The van der Waals surface area contributed by atoms with Crippen LogP contribution in [0.1, 0.15) is 34.8 Å². The number of carbonyl (C=O) groups excluding carboxylic acids is 1. The molecule has 1 atom stereocenters. The van der Waals surface area contributed by atoms with Gasteiger partial charge in [-0.15, -0.1) is 11.3 Å². The van der Waals surface area contributed by atoms with E-state index in [-0.39, 0.29) is 16.8 Å². The van der Waals surface area contributed by atoms with Crippen LogP contribution in [-0.4, -0.2) is 25.6 Å². The van der Waals surface area contributed by atoms with Gasteiger partial charge in [0, 0.05) is 23.3 Å². The number of rotatable bonds is 8. The maximum atomic E-state index is 12.4. The molecule has 6 nitrogen and oxygen atoms in total. The summed E-state index contributed by atoms with van der Waals surface area (Å²) in [5.74, 6) is 0.409. The third-order valence-electron chi connectivity index (χ3n) is 4.54. The van der Waals surface area contributed by atoms with E-state index in [1.807, 2.05) is 43.5 Å². The first-order valence-electron chi connectivity index (χ1n) is 9.64. The van der Waals surface area contributed by atoms with Gasteiger partial charge in [0.2, 0.25) is 5.91 Å². The van der Waals surface area contributed by atoms with Gasteiger partial charge in [-0.2, -0.15) is 0 Å². The van der Waals surface area contributed by atoms with Gasteiger partial charge < -0.3 is 10.1 Å². The third kappa shape index (κ3) is 6.50. The molecule has 0 aliphatic carbocycles. The number of amides is 1. The van der Waals surface area contributed by atoms with Crippen molar-refractivity contribution in [1.82, 2.24) is 10.3 Å². The SMILES string of the molecule is Cc1nc(COc2ccccc2/C=C/C(=O)NC(C)c2ccc(S(C)(=O)=O)cc2)cs1. The first-order chi connectivity index (χ1) is 14.7. The number of thiazole rings is 1. The molecule has 0 aliphatic heterocycles. The number of nitrogens with zero attached hydrogens (tertiary/aromatic N) is 1. The van der Waals surface area contributed by atoms with Gasteiger partial charge in [0.05, 0.1) is 21.6 Å². The van der Waals surface area contributed by atoms with Crippen molar-refractivity contribution in [2.24, 2.45) is 0 Å². The van der Waals surface area contributed by atoms with Gasteiger partial charge in [0.1, 0.15) is 12.4 Å². The molecule has 0 aliphatic rings. The van der Waals surface area contributed by atoms with E-state index in [4.69, 9.17) is 4.74 Å². The monoisotopic (exact) mass is 456 g/mol. The molecule has 1 unspecified atom stereocenters. The minimum atomic E-state index is -3.25. The van der Waals surface area contributed by atoms with E-state index in [2.05, 4.69) is 10.3 Å². The van der Waals surface area contributed by atoms with E-state index >= 15 is 0 Å². The number of ether oxygens (including phenoxy) is 1. The van der Waals surface area contributed by atoms with Crippen molar-refractivity contribution >= 4 is 33.2 Å². The fraction of sp³-hybridized carbons (Fsp3) is 0.217. The van der Waals surface area contributed by atoms with Crippen LogP contribution in [0, 0.1) is 6.92 Å². The van der Waals surface area contributed by atoms with Crippen molar-refractivity contribution < 1.29 is 17.9 Å². The van der Waals surface area contributed by atoms with E-state index in [9.17, 15) is 13.2 Å². The first kappa shape index (κ1) is 22.7. The highest BCUT2D eigenvalue weighted by atomic mass is 32.2. The van der Waals surface area contributed by atoms with E-state index in [1.54, 1.807) is 41.7 Å². The molecular weight excluding hydrogens is 432 g/mol. The highest BCUT2D eigenvalue weighted by molar-refractivity contribution is 7.90. The van der Waals surface area contributed by atoms with E-state index in [0.717, 1.165) is 28.1 Å². The zero-order chi connectivity index (χ0) is 22.4. The number of benzene rings is 2. The first-order valence-corrected chi connectivity index (χ1v) is 12.4. The summed E-state index contributed by atoms with van der Waals surface area (Å²) in [5, 5.41) is 5.83. The van der Waals surface area contributed by atoms with E-state index in [0.29, 0.717) is 12.4 Å². The number of hydrogen-bond donors (Lipinski definition) is 1. The third-order valence-corrected chi connectivity index (χ3v) is 6.49. The van der Waals surface area contributed by atoms with Crippen LogP contribution in [0.2, 0.25) is 0 Å². The Bertz CT molecular complexity index is 1180. The van der Waals surface area contributed by atoms with Crippen molar-refractivity contribution in [3.63, 3.8) is 0 Å². The fourth-order valence-electron chi connectivity index (χ4n) is 2.89. The van der Waals surface area contributed by atoms with Crippen molar-refractivity contribution in [2.75, 3.05) is 6.26 Å². The van der Waals surface area contributed by atoms with E-state index < -0.39 is 9.84 Å². The quantitative estimate of drug-likeness (QED) is 0.510. The van der Waals surface area contributed by atoms with Crippen molar-refractivity contribution in [3.05, 3.63) is 81.8 Å². The van der Waals surface area contributed by atoms with Crippen LogP contribution in [0.4, 0.5) is 0 Å². The summed E-state index contributed by atoms with van der Waals surface area (Å²) in [5.41, 5.74) is 2.47. The summed E-state index contributed by atoms with van der Waals surface area (Å²) in [6.07, 6.45) is 4.32. The molecule has 162 valence electrons. The topological polar surface area (TPSA) is 85.4 Å². The summed E-state index contributed by atoms with van der Waals surface area (Å²) >= 11 is 1.58. The number of aromatic nitrogens is 1. The lowest BCUT2D eigenvalue weighted by Crippen LogP contribution is -2.24. The maximum absolute atomic E-state index is 12.4. The lowest BCUT2D eigenvalue weighted by Gasteiger charge is -2.13. The second-order valence-electron chi connectivity index (χ2n) is 7.09. The Kier molecular flexibility index (Phi) is 7.25. The minimum absolute atomic E-state index is 0.249. The Balaban J connectivity index is 1.62. The number of nitrogens with one attached hydrogen (secondary N) is 1. The number of aryl methyl sites for hydroxylation is 1. The molecule has 0 saturated heterocycles. The van der Waals surface area contributed by atoms with Crippen LogP contribution < -0.4 is 10.1 Å². The normalized spacial score (nSPS) is 12.6.